The second-order valence-corrected chi connectivity index (χ2v) is 4.20. The maximum absolute atomic E-state index is 13.6. The van der Waals surface area contributed by atoms with Crippen LogP contribution in [0.25, 0.3) is 0 Å². The minimum Gasteiger partial charge on any atom is -0.399 e. The van der Waals surface area contributed by atoms with E-state index in [1.54, 1.807) is 18.0 Å². The van der Waals surface area contributed by atoms with Gasteiger partial charge in [-0.3, -0.25) is 0 Å². The predicted octanol–water partition coefficient (Wildman–Crippen LogP) is 3.18. The second-order valence-electron chi connectivity index (χ2n) is 4.20. The van der Waals surface area contributed by atoms with Gasteiger partial charge in [0, 0.05) is 25.3 Å². The summed E-state index contributed by atoms with van der Waals surface area (Å²) < 4.78 is 26.7. The van der Waals surface area contributed by atoms with Gasteiger partial charge in [-0.05, 0) is 29.8 Å². The summed E-state index contributed by atoms with van der Waals surface area (Å²) in [5.41, 5.74) is 7.51. The number of nitrogens with zero attached hydrogens (tertiary/aromatic N) is 1. The summed E-state index contributed by atoms with van der Waals surface area (Å²) in [6.45, 7) is 0.464. The first kappa shape index (κ1) is 12.4. The fourth-order valence-electron chi connectivity index (χ4n) is 1.83. The second kappa shape index (κ2) is 5.04. The molecule has 0 atom stereocenters. The number of rotatable bonds is 3. The Morgan fingerprint density at radius 2 is 1.89 bits per heavy atom. The van der Waals surface area contributed by atoms with Crippen molar-refractivity contribution in [3.63, 3.8) is 0 Å². The highest BCUT2D eigenvalue weighted by Crippen LogP contribution is 2.21. The molecule has 0 aliphatic rings. The van der Waals surface area contributed by atoms with Gasteiger partial charge in [-0.1, -0.05) is 12.1 Å². The third-order valence-corrected chi connectivity index (χ3v) is 2.69. The number of hydrogen-bond acceptors (Lipinski definition) is 2. The topological polar surface area (TPSA) is 29.3 Å². The highest BCUT2D eigenvalue weighted by atomic mass is 19.1. The van der Waals surface area contributed by atoms with Gasteiger partial charge in [0.25, 0.3) is 0 Å². The average molecular weight is 248 g/mol. The maximum Gasteiger partial charge on any atom is 0.146 e. The van der Waals surface area contributed by atoms with Crippen molar-refractivity contribution in [3.05, 3.63) is 59.7 Å². The molecule has 0 aromatic heterocycles. The van der Waals surface area contributed by atoms with Gasteiger partial charge in [-0.15, -0.1) is 0 Å². The SMILES string of the molecule is CN(Cc1cccc(N)c1)c1cc(F)ccc1F. The van der Waals surface area contributed by atoms with Crippen LogP contribution < -0.4 is 10.6 Å². The molecule has 0 unspecified atom stereocenters. The van der Waals surface area contributed by atoms with Crippen molar-refractivity contribution < 1.29 is 8.78 Å². The van der Waals surface area contributed by atoms with Crippen molar-refractivity contribution in [2.45, 2.75) is 6.54 Å². The molecule has 0 spiro atoms. The molecule has 0 heterocycles. The lowest BCUT2D eigenvalue weighted by atomic mass is 10.2. The molecule has 2 aromatic carbocycles. The van der Waals surface area contributed by atoms with Crippen molar-refractivity contribution in [3.8, 4) is 0 Å². The lowest BCUT2D eigenvalue weighted by Crippen LogP contribution is -2.18. The van der Waals surface area contributed by atoms with Gasteiger partial charge in [0.15, 0.2) is 0 Å². The number of halogens is 2. The monoisotopic (exact) mass is 248 g/mol. The normalized spacial score (nSPS) is 10.4. The first-order valence-corrected chi connectivity index (χ1v) is 5.57. The standard InChI is InChI=1S/C14H14F2N2/c1-18(9-10-3-2-4-12(17)7-10)14-8-11(15)5-6-13(14)16/h2-8H,9,17H2,1H3. The van der Waals surface area contributed by atoms with Gasteiger partial charge in [-0.2, -0.15) is 0 Å². The Morgan fingerprint density at radius 3 is 2.61 bits per heavy atom. The first-order valence-electron chi connectivity index (χ1n) is 5.57. The summed E-state index contributed by atoms with van der Waals surface area (Å²) in [5, 5.41) is 0. The predicted molar refractivity (Wildman–Crippen MR) is 69.3 cm³/mol. The molecule has 0 saturated carbocycles. The molecule has 0 saturated heterocycles. The number of anilines is 2. The van der Waals surface area contributed by atoms with Gasteiger partial charge >= 0.3 is 0 Å². The number of nitrogens with two attached hydrogens (primary N) is 1. The van der Waals surface area contributed by atoms with Crippen molar-refractivity contribution >= 4 is 11.4 Å². The lowest BCUT2D eigenvalue weighted by Gasteiger charge is -2.20. The van der Waals surface area contributed by atoms with Crippen molar-refractivity contribution in [1.29, 1.82) is 0 Å². The Morgan fingerprint density at radius 1 is 1.11 bits per heavy atom. The maximum atomic E-state index is 13.6. The Hall–Kier alpha value is -2.10. The van der Waals surface area contributed by atoms with Gasteiger partial charge in [0.2, 0.25) is 0 Å². The molecule has 18 heavy (non-hydrogen) atoms. The van der Waals surface area contributed by atoms with Crippen LogP contribution in [0.15, 0.2) is 42.5 Å². The third-order valence-electron chi connectivity index (χ3n) is 2.69. The molecule has 0 radical (unpaired) electrons. The molecule has 0 bridgehead atoms. The zero-order valence-corrected chi connectivity index (χ0v) is 10.0. The van der Waals surface area contributed by atoms with Crippen LogP contribution in [0.1, 0.15) is 5.56 Å². The zero-order chi connectivity index (χ0) is 13.1. The highest BCUT2D eigenvalue weighted by molar-refractivity contribution is 5.49. The molecule has 2 aromatic rings. The van der Waals surface area contributed by atoms with Crippen LogP contribution in [0.5, 0.6) is 0 Å². The van der Waals surface area contributed by atoms with Crippen LogP contribution >= 0.6 is 0 Å². The van der Waals surface area contributed by atoms with E-state index in [-0.39, 0.29) is 5.69 Å². The number of benzene rings is 2. The van der Waals surface area contributed by atoms with Crippen LogP contribution in [0.2, 0.25) is 0 Å². The molecule has 2 rings (SSSR count). The molecular formula is C14H14F2N2. The van der Waals surface area contributed by atoms with Gasteiger partial charge in [0.05, 0.1) is 5.69 Å². The Balaban J connectivity index is 2.21. The van der Waals surface area contributed by atoms with E-state index in [0.29, 0.717) is 12.2 Å². The van der Waals surface area contributed by atoms with Crippen LogP contribution in [-0.4, -0.2) is 7.05 Å². The quantitative estimate of drug-likeness (QED) is 0.845. The Bertz CT molecular complexity index is 555. The van der Waals surface area contributed by atoms with Crippen molar-refractivity contribution in [2.24, 2.45) is 0 Å². The summed E-state index contributed by atoms with van der Waals surface area (Å²) in [7, 11) is 1.71. The van der Waals surface area contributed by atoms with E-state index in [1.165, 1.54) is 6.07 Å². The van der Waals surface area contributed by atoms with E-state index in [1.807, 2.05) is 18.2 Å². The summed E-state index contributed by atoms with van der Waals surface area (Å²) in [4.78, 5) is 1.65. The zero-order valence-electron chi connectivity index (χ0n) is 10.0. The summed E-state index contributed by atoms with van der Waals surface area (Å²) in [5.74, 6) is -0.895. The summed E-state index contributed by atoms with van der Waals surface area (Å²) in [6.07, 6.45) is 0. The van der Waals surface area contributed by atoms with E-state index in [9.17, 15) is 8.78 Å². The minimum atomic E-state index is -0.453. The molecule has 0 fully saturated rings. The van der Waals surface area contributed by atoms with Crippen LogP contribution in [0.3, 0.4) is 0 Å². The highest BCUT2D eigenvalue weighted by Gasteiger charge is 2.09. The van der Waals surface area contributed by atoms with Crippen molar-refractivity contribution in [1.82, 2.24) is 0 Å². The summed E-state index contributed by atoms with van der Waals surface area (Å²) >= 11 is 0. The van der Waals surface area contributed by atoms with Crippen LogP contribution in [0, 0.1) is 11.6 Å². The lowest BCUT2D eigenvalue weighted by molar-refractivity contribution is 0.596. The van der Waals surface area contributed by atoms with E-state index in [2.05, 4.69) is 0 Å². The average Bonchev–Trinajstić information content (AvgIpc) is 2.32. The fraction of sp³-hybridized carbons (Fsp3) is 0.143. The van der Waals surface area contributed by atoms with E-state index in [0.717, 1.165) is 17.7 Å². The third kappa shape index (κ3) is 2.77. The molecule has 4 heteroatoms. The molecular weight excluding hydrogens is 234 g/mol. The smallest absolute Gasteiger partial charge is 0.146 e. The minimum absolute atomic E-state index is 0.234. The largest absolute Gasteiger partial charge is 0.399 e. The van der Waals surface area contributed by atoms with Crippen LogP contribution in [-0.2, 0) is 6.54 Å². The summed E-state index contributed by atoms with van der Waals surface area (Å²) in [6, 6.07) is 10.7. The number of nitrogen functional groups attached to an aromatic ring is 1. The Kier molecular flexibility index (Phi) is 3.46. The van der Waals surface area contributed by atoms with E-state index < -0.39 is 11.6 Å². The van der Waals surface area contributed by atoms with Gasteiger partial charge in [0.1, 0.15) is 11.6 Å². The molecule has 0 amide bonds. The molecule has 0 aliphatic heterocycles. The Labute approximate surface area is 105 Å². The van der Waals surface area contributed by atoms with Gasteiger partial charge < -0.3 is 10.6 Å². The van der Waals surface area contributed by atoms with Crippen molar-refractivity contribution in [2.75, 3.05) is 17.7 Å². The molecule has 0 aliphatic carbocycles. The molecule has 2 N–H and O–H groups in total. The van der Waals surface area contributed by atoms with E-state index >= 15 is 0 Å². The fourth-order valence-corrected chi connectivity index (χ4v) is 1.83. The van der Waals surface area contributed by atoms with Crippen LogP contribution in [0.4, 0.5) is 20.2 Å². The van der Waals surface area contributed by atoms with Gasteiger partial charge in [-0.25, -0.2) is 8.78 Å². The molecule has 2 nitrogen and oxygen atoms in total. The first-order chi connectivity index (χ1) is 8.56. The number of hydrogen-bond donors (Lipinski definition) is 1. The molecule has 94 valence electrons. The van der Waals surface area contributed by atoms with E-state index in [4.69, 9.17) is 5.73 Å².